The molecule has 0 saturated carbocycles. The van der Waals surface area contributed by atoms with Gasteiger partial charge in [0.05, 0.1) is 6.04 Å². The highest BCUT2D eigenvalue weighted by Crippen LogP contribution is 2.26. The fourth-order valence-corrected chi connectivity index (χ4v) is 2.28. The third kappa shape index (κ3) is 3.48. The molecule has 2 rings (SSSR count). The molecule has 0 aliphatic heterocycles. The Labute approximate surface area is 118 Å². The van der Waals surface area contributed by atoms with Gasteiger partial charge in [0.2, 0.25) is 0 Å². The van der Waals surface area contributed by atoms with E-state index >= 15 is 0 Å². The lowest BCUT2D eigenvalue weighted by Crippen LogP contribution is -2.10. The molecule has 2 aromatic carbocycles. The normalized spacial score (nSPS) is 12.2. The van der Waals surface area contributed by atoms with Gasteiger partial charge in [0.25, 0.3) is 0 Å². The summed E-state index contributed by atoms with van der Waals surface area (Å²) in [5.74, 6) is -0.228. The summed E-state index contributed by atoms with van der Waals surface area (Å²) in [6.07, 6.45) is 0.899. The molecule has 1 unspecified atom stereocenters. The average Bonchev–Trinajstić information content (AvgIpc) is 2.39. The van der Waals surface area contributed by atoms with Gasteiger partial charge < -0.3 is 5.32 Å². The van der Waals surface area contributed by atoms with Crippen molar-refractivity contribution in [3.63, 3.8) is 0 Å². The van der Waals surface area contributed by atoms with E-state index in [1.165, 1.54) is 12.1 Å². The Bertz CT molecular complexity index is 568. The first-order chi connectivity index (χ1) is 9.10. The van der Waals surface area contributed by atoms with Crippen LogP contribution in [0, 0.1) is 12.7 Å². The van der Waals surface area contributed by atoms with Crippen LogP contribution in [0.1, 0.15) is 30.5 Å². The van der Waals surface area contributed by atoms with Gasteiger partial charge in [-0.3, -0.25) is 0 Å². The Balaban J connectivity index is 2.26. The van der Waals surface area contributed by atoms with Crippen molar-refractivity contribution in [3.8, 4) is 0 Å². The first-order valence-electron chi connectivity index (χ1n) is 6.38. The van der Waals surface area contributed by atoms with Crippen LogP contribution in [0.2, 0.25) is 5.02 Å². The second-order valence-electron chi connectivity index (χ2n) is 4.62. The van der Waals surface area contributed by atoms with Crippen LogP contribution in [0.4, 0.5) is 10.1 Å². The fourth-order valence-electron chi connectivity index (χ4n) is 2.08. The molecule has 3 heteroatoms. The molecule has 0 saturated heterocycles. The van der Waals surface area contributed by atoms with E-state index in [0.717, 1.165) is 23.2 Å². The molecule has 1 atom stereocenters. The van der Waals surface area contributed by atoms with Gasteiger partial charge >= 0.3 is 0 Å². The van der Waals surface area contributed by atoms with E-state index in [1.54, 1.807) is 6.07 Å². The molecule has 0 heterocycles. The highest BCUT2D eigenvalue weighted by atomic mass is 35.5. The van der Waals surface area contributed by atoms with Crippen molar-refractivity contribution in [1.29, 1.82) is 0 Å². The Morgan fingerprint density at radius 3 is 2.68 bits per heavy atom. The van der Waals surface area contributed by atoms with Crippen LogP contribution in [0.3, 0.4) is 0 Å². The molecule has 0 radical (unpaired) electrons. The maximum atomic E-state index is 13.3. The maximum Gasteiger partial charge on any atom is 0.125 e. The monoisotopic (exact) mass is 277 g/mol. The summed E-state index contributed by atoms with van der Waals surface area (Å²) in [6.45, 7) is 4.06. The lowest BCUT2D eigenvalue weighted by molar-refractivity contribution is 0.627. The summed E-state index contributed by atoms with van der Waals surface area (Å²) < 4.78 is 13.3. The summed E-state index contributed by atoms with van der Waals surface area (Å²) >= 11 is 6.02. The lowest BCUT2D eigenvalue weighted by Gasteiger charge is -2.20. The molecule has 0 amide bonds. The summed E-state index contributed by atoms with van der Waals surface area (Å²) in [7, 11) is 0. The van der Waals surface area contributed by atoms with E-state index in [0.29, 0.717) is 5.02 Å². The molecule has 0 bridgehead atoms. The van der Waals surface area contributed by atoms with Gasteiger partial charge in [0.1, 0.15) is 5.82 Å². The zero-order valence-corrected chi connectivity index (χ0v) is 11.8. The van der Waals surface area contributed by atoms with Crippen molar-refractivity contribution < 1.29 is 4.39 Å². The number of halogens is 2. The zero-order valence-electron chi connectivity index (χ0n) is 11.1. The molecule has 2 aromatic rings. The second kappa shape index (κ2) is 6.07. The Hall–Kier alpha value is -1.54. The first kappa shape index (κ1) is 13.9. The number of benzene rings is 2. The van der Waals surface area contributed by atoms with E-state index in [-0.39, 0.29) is 11.9 Å². The molecular formula is C16H17ClFN. The van der Waals surface area contributed by atoms with E-state index in [2.05, 4.69) is 12.2 Å². The largest absolute Gasteiger partial charge is 0.378 e. The topological polar surface area (TPSA) is 12.0 Å². The van der Waals surface area contributed by atoms with Crippen LogP contribution in [0.25, 0.3) is 0 Å². The summed E-state index contributed by atoms with van der Waals surface area (Å²) in [5.41, 5.74) is 2.97. The van der Waals surface area contributed by atoms with Crippen molar-refractivity contribution >= 4 is 17.3 Å². The molecule has 1 nitrogen and oxygen atoms in total. The van der Waals surface area contributed by atoms with Crippen molar-refractivity contribution in [1.82, 2.24) is 0 Å². The Morgan fingerprint density at radius 1 is 1.21 bits per heavy atom. The number of anilines is 1. The molecule has 0 aromatic heterocycles. The minimum absolute atomic E-state index is 0.124. The van der Waals surface area contributed by atoms with E-state index in [1.807, 2.05) is 31.2 Å². The lowest BCUT2D eigenvalue weighted by atomic mass is 10.0. The quantitative estimate of drug-likeness (QED) is 0.794. The van der Waals surface area contributed by atoms with Crippen LogP contribution < -0.4 is 5.32 Å². The third-order valence-electron chi connectivity index (χ3n) is 3.19. The molecular weight excluding hydrogens is 261 g/mol. The first-order valence-corrected chi connectivity index (χ1v) is 6.76. The van der Waals surface area contributed by atoms with E-state index in [9.17, 15) is 4.39 Å². The molecule has 1 N–H and O–H groups in total. The average molecular weight is 278 g/mol. The zero-order chi connectivity index (χ0) is 13.8. The van der Waals surface area contributed by atoms with Crippen molar-refractivity contribution in [3.05, 3.63) is 64.4 Å². The minimum atomic E-state index is -0.228. The van der Waals surface area contributed by atoms with Gasteiger partial charge in [-0.05, 0) is 48.7 Å². The van der Waals surface area contributed by atoms with Crippen molar-refractivity contribution in [2.45, 2.75) is 26.3 Å². The number of hydrogen-bond donors (Lipinski definition) is 1. The maximum absolute atomic E-state index is 13.3. The summed E-state index contributed by atoms with van der Waals surface area (Å²) in [5, 5.41) is 4.10. The Kier molecular flexibility index (Phi) is 4.43. The Morgan fingerprint density at radius 2 is 2.00 bits per heavy atom. The summed E-state index contributed by atoms with van der Waals surface area (Å²) in [4.78, 5) is 0. The fraction of sp³-hybridized carbons (Fsp3) is 0.250. The predicted octanol–water partition coefficient (Wildman–Crippen LogP) is 5.35. The van der Waals surface area contributed by atoms with Gasteiger partial charge in [-0.1, -0.05) is 36.7 Å². The molecule has 100 valence electrons. The molecule has 0 fully saturated rings. The van der Waals surface area contributed by atoms with Crippen molar-refractivity contribution in [2.75, 3.05) is 5.32 Å². The smallest absolute Gasteiger partial charge is 0.125 e. The van der Waals surface area contributed by atoms with E-state index in [4.69, 9.17) is 11.6 Å². The van der Waals surface area contributed by atoms with Gasteiger partial charge in [0.15, 0.2) is 0 Å². The van der Waals surface area contributed by atoms with Crippen LogP contribution >= 0.6 is 11.6 Å². The second-order valence-corrected chi connectivity index (χ2v) is 5.06. The highest BCUT2D eigenvalue weighted by Gasteiger charge is 2.11. The predicted molar refractivity (Wildman–Crippen MR) is 79.2 cm³/mol. The van der Waals surface area contributed by atoms with Crippen LogP contribution in [0.15, 0.2) is 42.5 Å². The molecule has 19 heavy (non-hydrogen) atoms. The van der Waals surface area contributed by atoms with Gasteiger partial charge in [-0.2, -0.15) is 0 Å². The van der Waals surface area contributed by atoms with Gasteiger partial charge in [-0.25, -0.2) is 4.39 Å². The van der Waals surface area contributed by atoms with Crippen LogP contribution in [0.5, 0.6) is 0 Å². The number of aryl methyl sites for hydroxylation is 1. The standard InChI is InChI=1S/C16H17ClFN/c1-3-15(12-5-4-6-13(17)9-12)19-16-10-14(18)8-7-11(16)2/h4-10,15,19H,3H2,1-2H3. The molecule has 0 aliphatic rings. The summed E-state index contributed by atoms with van der Waals surface area (Å²) in [6, 6.07) is 12.7. The number of rotatable bonds is 4. The van der Waals surface area contributed by atoms with Gasteiger partial charge in [0, 0.05) is 10.7 Å². The van der Waals surface area contributed by atoms with Crippen LogP contribution in [-0.2, 0) is 0 Å². The third-order valence-corrected chi connectivity index (χ3v) is 3.42. The van der Waals surface area contributed by atoms with Crippen LogP contribution in [-0.4, -0.2) is 0 Å². The molecule has 0 spiro atoms. The van der Waals surface area contributed by atoms with E-state index < -0.39 is 0 Å². The highest BCUT2D eigenvalue weighted by molar-refractivity contribution is 6.30. The van der Waals surface area contributed by atoms with Gasteiger partial charge in [-0.15, -0.1) is 0 Å². The number of hydrogen-bond acceptors (Lipinski definition) is 1. The molecule has 0 aliphatic carbocycles. The number of nitrogens with one attached hydrogen (secondary N) is 1. The van der Waals surface area contributed by atoms with Crippen molar-refractivity contribution in [2.24, 2.45) is 0 Å². The minimum Gasteiger partial charge on any atom is -0.378 e. The SMILES string of the molecule is CCC(Nc1cc(F)ccc1C)c1cccc(Cl)c1.